The maximum Gasteiger partial charge on any atom is 0.0106 e. The van der Waals surface area contributed by atoms with E-state index >= 15 is 0 Å². The van der Waals surface area contributed by atoms with Gasteiger partial charge in [0.2, 0.25) is 0 Å². The summed E-state index contributed by atoms with van der Waals surface area (Å²) < 4.78 is 0. The molecule has 0 aromatic heterocycles. The van der Waals surface area contributed by atoms with Crippen molar-refractivity contribution >= 4 is 11.8 Å². The van der Waals surface area contributed by atoms with Crippen LogP contribution in [0.25, 0.3) is 0 Å². The van der Waals surface area contributed by atoms with Crippen molar-refractivity contribution in [2.24, 2.45) is 0 Å². The minimum Gasteiger partial charge on any atom is -0.314 e. The predicted molar refractivity (Wildman–Crippen MR) is 82.4 cm³/mol. The number of hydrogen-bond donors (Lipinski definition) is 1. The van der Waals surface area contributed by atoms with Gasteiger partial charge in [0.05, 0.1) is 0 Å². The molecule has 2 aliphatic rings. The first kappa shape index (κ1) is 14.7. The van der Waals surface area contributed by atoms with Crippen LogP contribution in [-0.4, -0.2) is 47.6 Å². The van der Waals surface area contributed by atoms with Gasteiger partial charge in [-0.05, 0) is 63.9 Å². The van der Waals surface area contributed by atoms with E-state index in [-0.39, 0.29) is 0 Å². The van der Waals surface area contributed by atoms with Crippen molar-refractivity contribution < 1.29 is 0 Å². The summed E-state index contributed by atoms with van der Waals surface area (Å²) in [5, 5.41) is 4.64. The number of rotatable bonds is 6. The van der Waals surface area contributed by atoms with E-state index < -0.39 is 0 Å². The Hall–Kier alpha value is 0.270. The third-order valence-corrected chi connectivity index (χ3v) is 5.72. The van der Waals surface area contributed by atoms with Gasteiger partial charge in [0.1, 0.15) is 0 Å². The largest absolute Gasteiger partial charge is 0.314 e. The SMILES string of the molecule is CCCNC1CCN(C2CCC(SCC)C2)CC1. The zero-order chi connectivity index (χ0) is 12.8. The van der Waals surface area contributed by atoms with Crippen LogP contribution in [0, 0.1) is 0 Å². The van der Waals surface area contributed by atoms with Crippen LogP contribution >= 0.6 is 11.8 Å². The standard InChI is InChI=1S/C15H30N2S/c1-3-9-16-13-7-10-17(11-8-13)14-5-6-15(12-14)18-4-2/h13-16H,3-12H2,1-2H3. The summed E-state index contributed by atoms with van der Waals surface area (Å²) in [4.78, 5) is 2.78. The topological polar surface area (TPSA) is 15.3 Å². The molecule has 2 fully saturated rings. The lowest BCUT2D eigenvalue weighted by molar-refractivity contribution is 0.145. The second-order valence-corrected chi connectivity index (χ2v) is 7.39. The van der Waals surface area contributed by atoms with E-state index in [0.29, 0.717) is 0 Å². The molecule has 2 atom stereocenters. The van der Waals surface area contributed by atoms with E-state index in [1.807, 2.05) is 0 Å². The third kappa shape index (κ3) is 4.14. The Kier molecular flexibility index (Phi) is 6.33. The molecule has 1 saturated heterocycles. The van der Waals surface area contributed by atoms with Gasteiger partial charge in [0.25, 0.3) is 0 Å². The first-order chi connectivity index (χ1) is 8.83. The summed E-state index contributed by atoms with van der Waals surface area (Å²) >= 11 is 2.18. The van der Waals surface area contributed by atoms with Crippen molar-refractivity contribution in [2.75, 3.05) is 25.4 Å². The molecule has 0 aromatic carbocycles. The van der Waals surface area contributed by atoms with Crippen molar-refractivity contribution in [1.82, 2.24) is 10.2 Å². The van der Waals surface area contributed by atoms with Crippen LogP contribution < -0.4 is 5.32 Å². The van der Waals surface area contributed by atoms with Crippen LogP contribution in [0.15, 0.2) is 0 Å². The molecule has 2 unspecified atom stereocenters. The highest BCUT2D eigenvalue weighted by Gasteiger charge is 2.31. The number of likely N-dealkylation sites (tertiary alicyclic amines) is 1. The highest BCUT2D eigenvalue weighted by molar-refractivity contribution is 7.99. The van der Waals surface area contributed by atoms with Gasteiger partial charge in [-0.15, -0.1) is 0 Å². The van der Waals surface area contributed by atoms with Gasteiger partial charge >= 0.3 is 0 Å². The summed E-state index contributed by atoms with van der Waals surface area (Å²) in [5.41, 5.74) is 0. The molecule has 0 amide bonds. The fourth-order valence-electron chi connectivity index (χ4n) is 3.45. The second-order valence-electron chi connectivity index (χ2n) is 5.81. The van der Waals surface area contributed by atoms with Crippen LogP contribution in [0.1, 0.15) is 52.4 Å². The Morgan fingerprint density at radius 3 is 2.56 bits per heavy atom. The molecule has 2 nitrogen and oxygen atoms in total. The lowest BCUT2D eigenvalue weighted by Gasteiger charge is -2.36. The predicted octanol–water partition coefficient (Wildman–Crippen LogP) is 3.12. The molecule has 0 spiro atoms. The van der Waals surface area contributed by atoms with E-state index in [0.717, 1.165) is 17.3 Å². The Bertz CT molecular complexity index is 227. The molecule has 1 aliphatic heterocycles. The van der Waals surface area contributed by atoms with Gasteiger partial charge in [0.15, 0.2) is 0 Å². The maximum atomic E-state index is 3.68. The minimum absolute atomic E-state index is 0.795. The molecule has 1 N–H and O–H groups in total. The van der Waals surface area contributed by atoms with Gasteiger partial charge in [0, 0.05) is 17.3 Å². The number of nitrogens with one attached hydrogen (secondary N) is 1. The zero-order valence-electron chi connectivity index (χ0n) is 12.2. The minimum atomic E-state index is 0.795. The maximum absolute atomic E-state index is 3.68. The first-order valence-corrected chi connectivity index (χ1v) is 8.97. The molecule has 0 aromatic rings. The van der Waals surface area contributed by atoms with Crippen molar-refractivity contribution in [3.8, 4) is 0 Å². The fraction of sp³-hybridized carbons (Fsp3) is 1.00. The quantitative estimate of drug-likeness (QED) is 0.798. The number of hydrogen-bond acceptors (Lipinski definition) is 3. The molecule has 0 bridgehead atoms. The summed E-state index contributed by atoms with van der Waals surface area (Å²) in [7, 11) is 0. The van der Waals surface area contributed by atoms with Crippen LogP contribution in [0.2, 0.25) is 0 Å². The van der Waals surface area contributed by atoms with E-state index in [1.165, 1.54) is 63.9 Å². The van der Waals surface area contributed by atoms with Gasteiger partial charge in [-0.3, -0.25) is 0 Å². The zero-order valence-corrected chi connectivity index (χ0v) is 13.0. The van der Waals surface area contributed by atoms with Crippen LogP contribution in [0.3, 0.4) is 0 Å². The summed E-state index contributed by atoms with van der Waals surface area (Å²) in [6, 6.07) is 1.70. The van der Waals surface area contributed by atoms with Crippen molar-refractivity contribution in [3.05, 3.63) is 0 Å². The van der Waals surface area contributed by atoms with E-state index in [4.69, 9.17) is 0 Å². The van der Waals surface area contributed by atoms with Crippen LogP contribution in [-0.2, 0) is 0 Å². The first-order valence-electron chi connectivity index (χ1n) is 7.92. The Morgan fingerprint density at radius 1 is 1.11 bits per heavy atom. The summed E-state index contributed by atoms with van der Waals surface area (Å²) in [6.07, 6.45) is 8.34. The molecule has 0 radical (unpaired) electrons. The molecule has 18 heavy (non-hydrogen) atoms. The Morgan fingerprint density at radius 2 is 1.89 bits per heavy atom. The summed E-state index contributed by atoms with van der Waals surface area (Å²) in [5.74, 6) is 1.29. The highest BCUT2D eigenvalue weighted by atomic mass is 32.2. The average molecular weight is 270 g/mol. The highest BCUT2D eigenvalue weighted by Crippen LogP contribution is 2.33. The number of nitrogens with zero attached hydrogens (tertiary/aromatic N) is 1. The molecular weight excluding hydrogens is 240 g/mol. The molecular formula is C15H30N2S. The average Bonchev–Trinajstić information content (AvgIpc) is 2.86. The molecule has 106 valence electrons. The van der Waals surface area contributed by atoms with Crippen molar-refractivity contribution in [1.29, 1.82) is 0 Å². The van der Waals surface area contributed by atoms with E-state index in [1.54, 1.807) is 0 Å². The Balaban J connectivity index is 1.67. The number of piperidine rings is 1. The fourth-order valence-corrected chi connectivity index (χ4v) is 4.59. The monoisotopic (exact) mass is 270 g/mol. The van der Waals surface area contributed by atoms with Gasteiger partial charge in [-0.1, -0.05) is 13.8 Å². The lowest BCUT2D eigenvalue weighted by Crippen LogP contribution is -2.46. The normalized spacial score (nSPS) is 31.0. The Labute approximate surface area is 117 Å². The van der Waals surface area contributed by atoms with Crippen molar-refractivity contribution in [3.63, 3.8) is 0 Å². The lowest BCUT2D eigenvalue weighted by atomic mass is 10.0. The molecule has 1 aliphatic carbocycles. The van der Waals surface area contributed by atoms with Gasteiger partial charge in [-0.2, -0.15) is 11.8 Å². The van der Waals surface area contributed by atoms with Crippen LogP contribution in [0.4, 0.5) is 0 Å². The van der Waals surface area contributed by atoms with Gasteiger partial charge in [-0.25, -0.2) is 0 Å². The molecule has 3 heteroatoms. The third-order valence-electron chi connectivity index (χ3n) is 4.49. The van der Waals surface area contributed by atoms with E-state index in [2.05, 4.69) is 35.8 Å². The second kappa shape index (κ2) is 7.76. The smallest absolute Gasteiger partial charge is 0.0106 e. The molecule has 1 saturated carbocycles. The number of thioether (sulfide) groups is 1. The van der Waals surface area contributed by atoms with E-state index in [9.17, 15) is 0 Å². The molecule has 2 rings (SSSR count). The van der Waals surface area contributed by atoms with Crippen LogP contribution in [0.5, 0.6) is 0 Å². The van der Waals surface area contributed by atoms with Crippen molar-refractivity contribution in [2.45, 2.75) is 69.7 Å². The molecule has 1 heterocycles. The van der Waals surface area contributed by atoms with Gasteiger partial charge < -0.3 is 10.2 Å². The summed E-state index contributed by atoms with van der Waals surface area (Å²) in [6.45, 7) is 8.41.